The number of methoxy groups -OCH3 is 1. The van der Waals surface area contributed by atoms with Crippen molar-refractivity contribution in [3.8, 4) is 11.5 Å². The zero-order chi connectivity index (χ0) is 16.9. The molecule has 128 valence electrons. The number of carbonyl (C=O) groups is 1. The third-order valence-corrected chi connectivity index (χ3v) is 4.29. The molecule has 0 saturated heterocycles. The zero-order valence-corrected chi connectivity index (χ0v) is 14.1. The van der Waals surface area contributed by atoms with Gasteiger partial charge in [-0.3, -0.25) is 4.79 Å². The summed E-state index contributed by atoms with van der Waals surface area (Å²) in [6, 6.07) is 5.76. The summed E-state index contributed by atoms with van der Waals surface area (Å²) in [4.78, 5) is 11.7. The summed E-state index contributed by atoms with van der Waals surface area (Å²) in [7, 11) is -1.65. The van der Waals surface area contributed by atoms with Gasteiger partial charge in [0.1, 0.15) is 0 Å². The lowest BCUT2D eigenvalue weighted by Crippen LogP contribution is -2.36. The van der Waals surface area contributed by atoms with Crippen LogP contribution in [0.1, 0.15) is 12.0 Å². The fraction of sp³-hybridized carbons (Fsp3) is 0.533. The maximum Gasteiger partial charge on any atom is 0.221 e. The van der Waals surface area contributed by atoms with E-state index in [2.05, 4.69) is 10.0 Å². The fourth-order valence-corrected chi connectivity index (χ4v) is 2.92. The molecule has 0 fully saturated rings. The molecule has 1 aromatic carbocycles. The molecule has 0 saturated carbocycles. The van der Waals surface area contributed by atoms with Gasteiger partial charge in [-0.25, -0.2) is 13.1 Å². The van der Waals surface area contributed by atoms with E-state index in [1.54, 1.807) is 7.11 Å². The summed E-state index contributed by atoms with van der Waals surface area (Å²) in [5.74, 6) is 1.49. The molecule has 8 heteroatoms. The highest BCUT2D eigenvalue weighted by Crippen LogP contribution is 2.35. The van der Waals surface area contributed by atoms with Crippen molar-refractivity contribution in [1.82, 2.24) is 10.0 Å². The van der Waals surface area contributed by atoms with Gasteiger partial charge in [-0.2, -0.15) is 0 Å². The SMILES string of the molecule is COc1cccc2c1OCC(CNC(=O)CCNS(C)(=O)=O)C2. The van der Waals surface area contributed by atoms with Gasteiger partial charge in [0, 0.05) is 25.4 Å². The standard InChI is InChI=1S/C15H22N2O5S/c1-21-13-5-3-4-12-8-11(10-22-15(12)13)9-16-14(18)6-7-17-23(2,19)20/h3-5,11,17H,6-10H2,1-2H3,(H,16,18). The van der Waals surface area contributed by atoms with Crippen LogP contribution in [0.25, 0.3) is 0 Å². The number of nitrogens with one attached hydrogen (secondary N) is 2. The lowest BCUT2D eigenvalue weighted by Gasteiger charge is -2.26. The average molecular weight is 342 g/mol. The van der Waals surface area contributed by atoms with Crippen LogP contribution in [0.15, 0.2) is 18.2 Å². The van der Waals surface area contributed by atoms with Gasteiger partial charge < -0.3 is 14.8 Å². The van der Waals surface area contributed by atoms with E-state index in [0.29, 0.717) is 13.2 Å². The minimum absolute atomic E-state index is 0.103. The summed E-state index contributed by atoms with van der Waals surface area (Å²) >= 11 is 0. The minimum Gasteiger partial charge on any atom is -0.493 e. The van der Waals surface area contributed by atoms with E-state index in [-0.39, 0.29) is 24.8 Å². The van der Waals surface area contributed by atoms with Crippen molar-refractivity contribution in [1.29, 1.82) is 0 Å². The van der Waals surface area contributed by atoms with E-state index < -0.39 is 10.0 Å². The molecule has 2 N–H and O–H groups in total. The van der Waals surface area contributed by atoms with Crippen LogP contribution in [-0.4, -0.2) is 47.4 Å². The zero-order valence-electron chi connectivity index (χ0n) is 13.3. The molecule has 7 nitrogen and oxygen atoms in total. The van der Waals surface area contributed by atoms with E-state index in [0.717, 1.165) is 29.7 Å². The Morgan fingerprint density at radius 1 is 1.43 bits per heavy atom. The predicted octanol–water partition coefficient (Wildman–Crippen LogP) is 0.302. The molecule has 1 aliphatic rings. The number of para-hydroxylation sites is 1. The number of sulfonamides is 1. The first kappa shape index (κ1) is 17.6. The Hall–Kier alpha value is -1.80. The van der Waals surface area contributed by atoms with Crippen LogP contribution in [0.2, 0.25) is 0 Å². The van der Waals surface area contributed by atoms with Crippen molar-refractivity contribution in [3.63, 3.8) is 0 Å². The quantitative estimate of drug-likeness (QED) is 0.743. The number of hydrogen-bond acceptors (Lipinski definition) is 5. The smallest absolute Gasteiger partial charge is 0.221 e. The number of carbonyl (C=O) groups excluding carboxylic acids is 1. The molecular weight excluding hydrogens is 320 g/mol. The van der Waals surface area contributed by atoms with E-state index in [4.69, 9.17) is 9.47 Å². The molecule has 1 atom stereocenters. The Kier molecular flexibility index (Phi) is 5.84. The van der Waals surface area contributed by atoms with Gasteiger partial charge in [0.25, 0.3) is 0 Å². The lowest BCUT2D eigenvalue weighted by molar-refractivity contribution is -0.121. The monoisotopic (exact) mass is 342 g/mol. The maximum absolute atomic E-state index is 11.7. The normalized spacial score (nSPS) is 17.0. The third kappa shape index (κ3) is 5.40. The van der Waals surface area contributed by atoms with Crippen molar-refractivity contribution in [3.05, 3.63) is 23.8 Å². The second-order valence-corrected chi connectivity index (χ2v) is 7.38. The number of rotatable bonds is 7. The van der Waals surface area contributed by atoms with Gasteiger partial charge in [-0.05, 0) is 18.1 Å². The highest BCUT2D eigenvalue weighted by Gasteiger charge is 2.22. The molecule has 1 amide bonds. The molecule has 1 heterocycles. The second-order valence-electron chi connectivity index (χ2n) is 5.55. The van der Waals surface area contributed by atoms with Crippen LogP contribution >= 0.6 is 0 Å². The summed E-state index contributed by atoms with van der Waals surface area (Å²) in [5, 5.41) is 2.81. The number of benzene rings is 1. The minimum atomic E-state index is -3.26. The summed E-state index contributed by atoms with van der Waals surface area (Å²) in [6.07, 6.45) is 1.98. The first-order valence-corrected chi connectivity index (χ1v) is 9.28. The van der Waals surface area contributed by atoms with E-state index in [1.165, 1.54) is 0 Å². The molecule has 0 spiro atoms. The van der Waals surface area contributed by atoms with Crippen LogP contribution in [0.5, 0.6) is 11.5 Å². The highest BCUT2D eigenvalue weighted by molar-refractivity contribution is 7.88. The molecule has 1 aromatic rings. The first-order valence-electron chi connectivity index (χ1n) is 7.39. The predicted molar refractivity (Wildman–Crippen MR) is 86.2 cm³/mol. The van der Waals surface area contributed by atoms with Crippen LogP contribution in [-0.2, 0) is 21.2 Å². The van der Waals surface area contributed by atoms with Crippen molar-refractivity contribution < 1.29 is 22.7 Å². The molecule has 2 rings (SSSR count). The van der Waals surface area contributed by atoms with Gasteiger partial charge >= 0.3 is 0 Å². The molecule has 23 heavy (non-hydrogen) atoms. The van der Waals surface area contributed by atoms with Gasteiger partial charge in [0.2, 0.25) is 15.9 Å². The van der Waals surface area contributed by atoms with Crippen LogP contribution in [0.3, 0.4) is 0 Å². The van der Waals surface area contributed by atoms with Gasteiger partial charge in [0.15, 0.2) is 11.5 Å². The fourth-order valence-electron chi connectivity index (χ4n) is 2.45. The number of fused-ring (bicyclic) bond motifs is 1. The summed E-state index contributed by atoms with van der Waals surface area (Å²) in [5.41, 5.74) is 1.06. The summed E-state index contributed by atoms with van der Waals surface area (Å²) < 4.78 is 35.1. The molecule has 1 aliphatic heterocycles. The van der Waals surface area contributed by atoms with Crippen molar-refractivity contribution in [2.45, 2.75) is 12.8 Å². The number of amides is 1. The highest BCUT2D eigenvalue weighted by atomic mass is 32.2. The second kappa shape index (κ2) is 7.65. The molecule has 0 bridgehead atoms. The third-order valence-electron chi connectivity index (χ3n) is 3.56. The van der Waals surface area contributed by atoms with Gasteiger partial charge in [-0.15, -0.1) is 0 Å². The molecule has 0 aromatic heterocycles. The van der Waals surface area contributed by atoms with Gasteiger partial charge in [0.05, 0.1) is 20.0 Å². The Morgan fingerprint density at radius 2 is 2.22 bits per heavy atom. The van der Waals surface area contributed by atoms with E-state index >= 15 is 0 Å². The molecule has 1 unspecified atom stereocenters. The van der Waals surface area contributed by atoms with Gasteiger partial charge in [-0.1, -0.05) is 12.1 Å². The Balaban J connectivity index is 1.78. The number of hydrogen-bond donors (Lipinski definition) is 2. The van der Waals surface area contributed by atoms with Crippen molar-refractivity contribution >= 4 is 15.9 Å². The maximum atomic E-state index is 11.7. The Morgan fingerprint density at radius 3 is 2.91 bits per heavy atom. The van der Waals surface area contributed by atoms with Crippen LogP contribution < -0.4 is 19.5 Å². The molecular formula is C15H22N2O5S. The van der Waals surface area contributed by atoms with Crippen LogP contribution in [0.4, 0.5) is 0 Å². The van der Waals surface area contributed by atoms with E-state index in [9.17, 15) is 13.2 Å². The molecule has 0 aliphatic carbocycles. The summed E-state index contributed by atoms with van der Waals surface area (Å²) in [6.45, 7) is 1.11. The lowest BCUT2D eigenvalue weighted by atomic mass is 9.96. The topological polar surface area (TPSA) is 93.7 Å². The van der Waals surface area contributed by atoms with E-state index in [1.807, 2.05) is 18.2 Å². The first-order chi connectivity index (χ1) is 10.9. The van der Waals surface area contributed by atoms with Crippen LogP contribution in [0, 0.1) is 5.92 Å². The largest absolute Gasteiger partial charge is 0.493 e. The average Bonchev–Trinajstić information content (AvgIpc) is 2.50. The Labute approximate surface area is 136 Å². The Bertz CT molecular complexity index is 660. The van der Waals surface area contributed by atoms with Crippen molar-refractivity contribution in [2.24, 2.45) is 5.92 Å². The molecule has 0 radical (unpaired) electrons. The van der Waals surface area contributed by atoms with Crippen molar-refractivity contribution in [2.75, 3.05) is 33.1 Å². The number of ether oxygens (including phenoxy) is 2.